The molecule has 0 fully saturated rings. The van der Waals surface area contributed by atoms with E-state index in [2.05, 4.69) is 9.84 Å². The highest BCUT2D eigenvalue weighted by atomic mass is 32.2. The lowest BCUT2D eigenvalue weighted by atomic mass is 10.1. The molecule has 10 nitrogen and oxygen atoms in total. The van der Waals surface area contributed by atoms with Gasteiger partial charge in [-0.25, -0.2) is 17.9 Å². The van der Waals surface area contributed by atoms with E-state index in [-0.39, 0.29) is 22.6 Å². The summed E-state index contributed by atoms with van der Waals surface area (Å²) in [6.07, 6.45) is -0.159. The van der Waals surface area contributed by atoms with Gasteiger partial charge in [-0.15, -0.1) is 0 Å². The van der Waals surface area contributed by atoms with E-state index in [9.17, 15) is 22.8 Å². The molecule has 0 radical (unpaired) electrons. The van der Waals surface area contributed by atoms with Gasteiger partial charge >= 0.3 is 5.97 Å². The number of primary amides is 1. The first-order valence-electron chi connectivity index (χ1n) is 8.69. The second-order valence-electron chi connectivity index (χ2n) is 6.30. The molecule has 2 aromatic carbocycles. The van der Waals surface area contributed by atoms with Gasteiger partial charge in [-0.05, 0) is 30.3 Å². The molecular formula is C19H18N4O6S. The summed E-state index contributed by atoms with van der Waals surface area (Å²) in [6, 6.07) is 12.7. The molecular weight excluding hydrogens is 412 g/mol. The molecule has 1 aliphatic rings. The fourth-order valence-corrected chi connectivity index (χ4v) is 3.86. The highest BCUT2D eigenvalue weighted by Crippen LogP contribution is 2.24. The first-order valence-corrected chi connectivity index (χ1v) is 10.2. The van der Waals surface area contributed by atoms with Gasteiger partial charge in [0, 0.05) is 6.42 Å². The fourth-order valence-electron chi connectivity index (χ4n) is 2.84. The van der Waals surface area contributed by atoms with Crippen molar-refractivity contribution < 1.29 is 27.5 Å². The Kier molecular flexibility index (Phi) is 5.83. The van der Waals surface area contributed by atoms with E-state index in [4.69, 9.17) is 5.73 Å². The molecule has 3 rings (SSSR count). The average molecular weight is 430 g/mol. The van der Waals surface area contributed by atoms with Gasteiger partial charge < -0.3 is 10.5 Å². The monoisotopic (exact) mass is 430 g/mol. The molecule has 0 aliphatic carbocycles. The van der Waals surface area contributed by atoms with Crippen molar-refractivity contribution >= 4 is 39.2 Å². The third kappa shape index (κ3) is 4.30. The van der Waals surface area contributed by atoms with Crippen LogP contribution < -0.4 is 15.5 Å². The van der Waals surface area contributed by atoms with Crippen LogP contribution in [0.5, 0.6) is 0 Å². The Morgan fingerprint density at radius 2 is 1.83 bits per heavy atom. The number of sulfonamides is 1. The number of hydrogen-bond acceptors (Lipinski definition) is 8. The standard InChI is InChI=1S/C19H18N4O6S/c1-29-19(26)12-6-5-9-14(10-12)30(27,28)22-18(25)15-11-16(17(20)24)23(21-15)13-7-3-2-4-8-13/h2-10,16H,11H2,1H3,(H2,20,24)(H,22,25). The van der Waals surface area contributed by atoms with Crippen LogP contribution in [0.25, 0.3) is 0 Å². The van der Waals surface area contributed by atoms with Crippen LogP contribution >= 0.6 is 0 Å². The van der Waals surface area contributed by atoms with Crippen molar-refractivity contribution in [1.29, 1.82) is 0 Å². The van der Waals surface area contributed by atoms with E-state index in [1.807, 2.05) is 4.72 Å². The Hall–Kier alpha value is -3.73. The van der Waals surface area contributed by atoms with Crippen molar-refractivity contribution in [2.24, 2.45) is 10.8 Å². The van der Waals surface area contributed by atoms with Gasteiger partial charge in [0.15, 0.2) is 0 Å². The van der Waals surface area contributed by atoms with Crippen LogP contribution in [-0.4, -0.2) is 45.1 Å². The lowest BCUT2D eigenvalue weighted by molar-refractivity contribution is -0.119. The third-order valence-electron chi connectivity index (χ3n) is 4.31. The minimum Gasteiger partial charge on any atom is -0.465 e. The van der Waals surface area contributed by atoms with E-state index >= 15 is 0 Å². The van der Waals surface area contributed by atoms with Crippen LogP contribution in [0.15, 0.2) is 64.6 Å². The van der Waals surface area contributed by atoms with Gasteiger partial charge in [-0.1, -0.05) is 24.3 Å². The number of hydrazone groups is 1. The van der Waals surface area contributed by atoms with Crippen LogP contribution in [0.4, 0.5) is 5.69 Å². The number of hydrogen-bond donors (Lipinski definition) is 2. The number of esters is 1. The minimum atomic E-state index is -4.30. The molecule has 1 unspecified atom stereocenters. The van der Waals surface area contributed by atoms with Gasteiger partial charge in [0.25, 0.3) is 15.9 Å². The maximum absolute atomic E-state index is 12.6. The first-order chi connectivity index (χ1) is 14.2. The maximum Gasteiger partial charge on any atom is 0.337 e. The van der Waals surface area contributed by atoms with Gasteiger partial charge in [-0.2, -0.15) is 5.10 Å². The van der Waals surface area contributed by atoms with Crippen molar-refractivity contribution in [2.75, 3.05) is 12.1 Å². The number of methoxy groups -OCH3 is 1. The number of ether oxygens (including phenoxy) is 1. The van der Waals surface area contributed by atoms with Gasteiger partial charge in [0.2, 0.25) is 5.91 Å². The van der Waals surface area contributed by atoms with Crippen molar-refractivity contribution in [3.05, 3.63) is 60.2 Å². The number of nitrogens with two attached hydrogens (primary N) is 1. The predicted octanol–water partition coefficient (Wildman–Crippen LogP) is 0.398. The first kappa shape index (κ1) is 21.0. The lowest BCUT2D eigenvalue weighted by Crippen LogP contribution is -2.40. The Labute approximate surface area is 172 Å². The van der Waals surface area contributed by atoms with E-state index < -0.39 is 33.8 Å². The maximum atomic E-state index is 12.6. The number of nitrogens with zero attached hydrogens (tertiary/aromatic N) is 2. The van der Waals surface area contributed by atoms with Crippen LogP contribution in [0.2, 0.25) is 0 Å². The summed E-state index contributed by atoms with van der Waals surface area (Å²) in [5.41, 5.74) is 5.78. The van der Waals surface area contributed by atoms with Crippen LogP contribution in [0, 0.1) is 0 Å². The van der Waals surface area contributed by atoms with E-state index in [0.717, 1.165) is 13.2 Å². The normalized spacial score (nSPS) is 16.0. The number of amides is 2. The topological polar surface area (TPSA) is 148 Å². The zero-order valence-corrected chi connectivity index (χ0v) is 16.6. The molecule has 1 atom stereocenters. The molecule has 11 heteroatoms. The van der Waals surface area contributed by atoms with Crippen molar-refractivity contribution in [3.8, 4) is 0 Å². The molecule has 3 N–H and O–H groups in total. The summed E-state index contributed by atoms with van der Waals surface area (Å²) < 4.78 is 31.6. The molecule has 0 bridgehead atoms. The lowest BCUT2D eigenvalue weighted by Gasteiger charge is -2.20. The fraction of sp³-hybridized carbons (Fsp3) is 0.158. The molecule has 0 aromatic heterocycles. The predicted molar refractivity (Wildman–Crippen MR) is 107 cm³/mol. The Morgan fingerprint density at radius 1 is 1.13 bits per heavy atom. The number of nitrogens with one attached hydrogen (secondary N) is 1. The Morgan fingerprint density at radius 3 is 2.47 bits per heavy atom. The smallest absolute Gasteiger partial charge is 0.337 e. The minimum absolute atomic E-state index is 0.00933. The quantitative estimate of drug-likeness (QED) is 0.630. The number of rotatable bonds is 6. The Balaban J connectivity index is 1.84. The molecule has 0 saturated carbocycles. The zero-order chi connectivity index (χ0) is 21.9. The average Bonchev–Trinajstić information content (AvgIpc) is 3.20. The molecule has 1 heterocycles. The van der Waals surface area contributed by atoms with Gasteiger partial charge in [0.05, 0.1) is 23.3 Å². The summed E-state index contributed by atoms with van der Waals surface area (Å²) in [4.78, 5) is 35.7. The SMILES string of the molecule is COC(=O)c1cccc(S(=O)(=O)NC(=O)C2=NN(c3ccccc3)C(C(N)=O)C2)c1. The number of anilines is 1. The number of para-hydroxylation sites is 1. The molecule has 30 heavy (non-hydrogen) atoms. The third-order valence-corrected chi connectivity index (χ3v) is 5.64. The van der Waals surface area contributed by atoms with Crippen molar-refractivity contribution in [3.63, 3.8) is 0 Å². The summed E-state index contributed by atoms with van der Waals surface area (Å²) >= 11 is 0. The number of benzene rings is 2. The largest absolute Gasteiger partial charge is 0.465 e. The second kappa shape index (κ2) is 8.33. The summed E-state index contributed by atoms with van der Waals surface area (Å²) in [5, 5.41) is 5.38. The number of carbonyl (C=O) groups is 3. The zero-order valence-electron chi connectivity index (χ0n) is 15.8. The molecule has 1 aliphatic heterocycles. The van der Waals surface area contributed by atoms with E-state index in [1.54, 1.807) is 30.3 Å². The van der Waals surface area contributed by atoms with Gasteiger partial charge in [-0.3, -0.25) is 14.6 Å². The highest BCUT2D eigenvalue weighted by Gasteiger charge is 2.36. The summed E-state index contributed by atoms with van der Waals surface area (Å²) in [5.74, 6) is -2.43. The molecule has 0 saturated heterocycles. The molecule has 2 aromatic rings. The number of carbonyl (C=O) groups excluding carboxylic acids is 3. The van der Waals surface area contributed by atoms with Crippen LogP contribution in [0.3, 0.4) is 0 Å². The van der Waals surface area contributed by atoms with Crippen LogP contribution in [0.1, 0.15) is 16.8 Å². The Bertz CT molecular complexity index is 1130. The van der Waals surface area contributed by atoms with Gasteiger partial charge in [0.1, 0.15) is 11.8 Å². The molecule has 2 amide bonds. The highest BCUT2D eigenvalue weighted by molar-refractivity contribution is 7.90. The summed E-state index contributed by atoms with van der Waals surface area (Å²) in [6.45, 7) is 0. The second-order valence-corrected chi connectivity index (χ2v) is 7.99. The van der Waals surface area contributed by atoms with E-state index in [0.29, 0.717) is 5.69 Å². The molecule has 0 spiro atoms. The summed E-state index contributed by atoms with van der Waals surface area (Å²) in [7, 11) is -3.14. The van der Waals surface area contributed by atoms with Crippen molar-refractivity contribution in [1.82, 2.24) is 4.72 Å². The van der Waals surface area contributed by atoms with Crippen molar-refractivity contribution in [2.45, 2.75) is 17.4 Å². The molecule has 156 valence electrons. The van der Waals surface area contributed by atoms with E-state index in [1.165, 1.54) is 23.2 Å². The van der Waals surface area contributed by atoms with Crippen LogP contribution in [-0.2, 0) is 24.3 Å².